The fraction of sp³-hybridized carbons (Fsp3) is 0.611. The summed E-state index contributed by atoms with van der Waals surface area (Å²) in [6, 6.07) is 10.4. The largest absolute Gasteiger partial charge is 0.339 e. The molecule has 0 radical (unpaired) electrons. The maximum atomic E-state index is 12.4. The SMILES string of the molecule is CCS(=O)(=O)N1CC[C@@H]2[C@@H](CCC(=O)N2CCc2ccccc2)C1. The Labute approximate surface area is 144 Å². The van der Waals surface area contributed by atoms with Crippen LogP contribution in [0.2, 0.25) is 0 Å². The van der Waals surface area contributed by atoms with Crippen LogP contribution in [0.15, 0.2) is 30.3 Å². The first kappa shape index (κ1) is 17.4. The van der Waals surface area contributed by atoms with E-state index in [1.165, 1.54) is 5.56 Å². The van der Waals surface area contributed by atoms with Crippen LogP contribution >= 0.6 is 0 Å². The van der Waals surface area contributed by atoms with E-state index in [1.54, 1.807) is 11.2 Å². The normalized spacial score (nSPS) is 25.5. The van der Waals surface area contributed by atoms with Crippen LogP contribution in [0.25, 0.3) is 0 Å². The number of carbonyl (C=O) groups excluding carboxylic acids is 1. The van der Waals surface area contributed by atoms with Gasteiger partial charge in [0.05, 0.1) is 5.75 Å². The third-order valence-electron chi connectivity index (χ3n) is 5.35. The molecule has 2 aliphatic heterocycles. The highest BCUT2D eigenvalue weighted by atomic mass is 32.2. The van der Waals surface area contributed by atoms with Crippen molar-refractivity contribution in [2.24, 2.45) is 5.92 Å². The molecule has 5 nitrogen and oxygen atoms in total. The summed E-state index contributed by atoms with van der Waals surface area (Å²) in [7, 11) is -3.13. The van der Waals surface area contributed by atoms with Gasteiger partial charge in [0.25, 0.3) is 0 Å². The summed E-state index contributed by atoms with van der Waals surface area (Å²) in [4.78, 5) is 14.4. The van der Waals surface area contributed by atoms with Gasteiger partial charge in [0.1, 0.15) is 0 Å². The fourth-order valence-electron chi connectivity index (χ4n) is 3.94. The van der Waals surface area contributed by atoms with Gasteiger partial charge in [-0.05, 0) is 37.7 Å². The molecule has 1 aromatic carbocycles. The number of piperidine rings is 2. The van der Waals surface area contributed by atoms with Crippen LogP contribution in [0.3, 0.4) is 0 Å². The number of sulfonamides is 1. The summed E-state index contributed by atoms with van der Waals surface area (Å²) < 4.78 is 25.9. The molecule has 2 saturated heterocycles. The Bertz CT molecular complexity index is 675. The number of amides is 1. The maximum Gasteiger partial charge on any atom is 0.222 e. The van der Waals surface area contributed by atoms with Crippen molar-refractivity contribution in [1.29, 1.82) is 0 Å². The monoisotopic (exact) mass is 350 g/mol. The molecule has 2 heterocycles. The van der Waals surface area contributed by atoms with Crippen molar-refractivity contribution in [3.8, 4) is 0 Å². The van der Waals surface area contributed by atoms with Crippen molar-refractivity contribution in [1.82, 2.24) is 9.21 Å². The number of hydrogen-bond donors (Lipinski definition) is 0. The second kappa shape index (κ2) is 7.23. The molecule has 6 heteroatoms. The lowest BCUT2D eigenvalue weighted by molar-refractivity contribution is -0.140. The molecule has 1 aromatic rings. The van der Waals surface area contributed by atoms with Gasteiger partial charge in [-0.25, -0.2) is 12.7 Å². The van der Waals surface area contributed by atoms with E-state index >= 15 is 0 Å². The number of carbonyl (C=O) groups is 1. The second-order valence-corrected chi connectivity index (χ2v) is 8.99. The third kappa shape index (κ3) is 3.64. The zero-order chi connectivity index (χ0) is 17.2. The Balaban J connectivity index is 1.67. The van der Waals surface area contributed by atoms with Crippen molar-refractivity contribution in [3.63, 3.8) is 0 Å². The molecule has 2 fully saturated rings. The third-order valence-corrected chi connectivity index (χ3v) is 7.20. The summed E-state index contributed by atoms with van der Waals surface area (Å²) in [6.07, 6.45) is 2.95. The zero-order valence-electron chi connectivity index (χ0n) is 14.2. The van der Waals surface area contributed by atoms with E-state index in [-0.39, 0.29) is 23.6 Å². The molecule has 0 aromatic heterocycles. The molecular weight excluding hydrogens is 324 g/mol. The van der Waals surface area contributed by atoms with Crippen LogP contribution in [-0.4, -0.2) is 55.0 Å². The molecule has 2 atom stereocenters. The molecule has 0 N–H and O–H groups in total. The highest BCUT2D eigenvalue weighted by Crippen LogP contribution is 2.32. The number of fused-ring (bicyclic) bond motifs is 1. The molecule has 1 amide bonds. The van der Waals surface area contributed by atoms with E-state index < -0.39 is 10.0 Å². The van der Waals surface area contributed by atoms with Crippen LogP contribution in [0, 0.1) is 5.92 Å². The van der Waals surface area contributed by atoms with E-state index in [1.807, 2.05) is 23.1 Å². The van der Waals surface area contributed by atoms with Crippen molar-refractivity contribution in [2.45, 2.75) is 38.6 Å². The summed E-state index contributed by atoms with van der Waals surface area (Å²) in [5, 5.41) is 0. The molecule has 2 aliphatic rings. The van der Waals surface area contributed by atoms with E-state index in [4.69, 9.17) is 0 Å². The number of likely N-dealkylation sites (tertiary alicyclic amines) is 1. The molecule has 24 heavy (non-hydrogen) atoms. The van der Waals surface area contributed by atoms with Crippen molar-refractivity contribution in [3.05, 3.63) is 35.9 Å². The first-order chi connectivity index (χ1) is 11.5. The number of nitrogens with zero attached hydrogens (tertiary/aromatic N) is 2. The maximum absolute atomic E-state index is 12.4. The van der Waals surface area contributed by atoms with Crippen LogP contribution in [0.5, 0.6) is 0 Å². The van der Waals surface area contributed by atoms with Gasteiger partial charge in [0.15, 0.2) is 0 Å². The van der Waals surface area contributed by atoms with Crippen LogP contribution in [0.1, 0.15) is 31.7 Å². The van der Waals surface area contributed by atoms with Crippen molar-refractivity contribution in [2.75, 3.05) is 25.4 Å². The summed E-state index contributed by atoms with van der Waals surface area (Å²) in [6.45, 7) is 3.52. The van der Waals surface area contributed by atoms with E-state index in [9.17, 15) is 13.2 Å². The van der Waals surface area contributed by atoms with Gasteiger partial charge in [-0.3, -0.25) is 4.79 Å². The van der Waals surface area contributed by atoms with Crippen molar-refractivity contribution >= 4 is 15.9 Å². The summed E-state index contributed by atoms with van der Waals surface area (Å²) >= 11 is 0. The van der Waals surface area contributed by atoms with Gasteiger partial charge in [0.2, 0.25) is 15.9 Å². The predicted octanol–water partition coefficient (Wildman–Crippen LogP) is 1.89. The number of hydrogen-bond acceptors (Lipinski definition) is 3. The topological polar surface area (TPSA) is 57.7 Å². The first-order valence-electron chi connectivity index (χ1n) is 8.82. The Kier molecular flexibility index (Phi) is 5.25. The van der Waals surface area contributed by atoms with E-state index in [2.05, 4.69) is 12.1 Å². The first-order valence-corrected chi connectivity index (χ1v) is 10.4. The molecular formula is C18H26N2O3S. The Morgan fingerprint density at radius 1 is 1.17 bits per heavy atom. The van der Waals surface area contributed by atoms with E-state index in [0.29, 0.717) is 19.5 Å². The predicted molar refractivity (Wildman–Crippen MR) is 94.0 cm³/mol. The second-order valence-electron chi connectivity index (χ2n) is 6.74. The lowest BCUT2D eigenvalue weighted by atomic mass is 9.84. The van der Waals surface area contributed by atoms with Gasteiger partial charge in [-0.1, -0.05) is 30.3 Å². The van der Waals surface area contributed by atoms with Gasteiger partial charge in [-0.15, -0.1) is 0 Å². The quantitative estimate of drug-likeness (QED) is 0.815. The van der Waals surface area contributed by atoms with Crippen molar-refractivity contribution < 1.29 is 13.2 Å². The molecule has 0 saturated carbocycles. The average molecular weight is 350 g/mol. The summed E-state index contributed by atoms with van der Waals surface area (Å²) in [5.74, 6) is 0.647. The summed E-state index contributed by atoms with van der Waals surface area (Å²) in [5.41, 5.74) is 1.23. The van der Waals surface area contributed by atoms with Crippen LogP contribution in [-0.2, 0) is 21.2 Å². The van der Waals surface area contributed by atoms with Gasteiger partial charge in [-0.2, -0.15) is 0 Å². The number of rotatable bonds is 5. The average Bonchev–Trinajstić information content (AvgIpc) is 2.61. The Morgan fingerprint density at radius 2 is 1.92 bits per heavy atom. The molecule has 0 unspecified atom stereocenters. The minimum Gasteiger partial charge on any atom is -0.339 e. The minimum absolute atomic E-state index is 0.154. The van der Waals surface area contributed by atoms with E-state index in [0.717, 1.165) is 25.8 Å². The fourth-order valence-corrected chi connectivity index (χ4v) is 5.11. The highest BCUT2D eigenvalue weighted by molar-refractivity contribution is 7.89. The van der Waals surface area contributed by atoms with Gasteiger partial charge >= 0.3 is 0 Å². The lowest BCUT2D eigenvalue weighted by Gasteiger charge is -2.46. The molecule has 132 valence electrons. The Morgan fingerprint density at radius 3 is 2.62 bits per heavy atom. The molecule has 3 rings (SSSR count). The standard InChI is InChI=1S/C18H26N2O3S/c1-2-24(22,23)19-12-11-17-16(14-19)8-9-18(21)20(17)13-10-15-6-4-3-5-7-15/h3-7,16-17H,2,8-14H2,1H3/t16-,17+/m0/s1. The zero-order valence-corrected chi connectivity index (χ0v) is 15.0. The molecule has 0 bridgehead atoms. The number of benzene rings is 1. The highest BCUT2D eigenvalue weighted by Gasteiger charge is 2.41. The van der Waals surface area contributed by atoms with Crippen LogP contribution < -0.4 is 0 Å². The van der Waals surface area contributed by atoms with Gasteiger partial charge < -0.3 is 4.90 Å². The minimum atomic E-state index is -3.13. The lowest BCUT2D eigenvalue weighted by Crippen LogP contribution is -2.57. The molecule has 0 aliphatic carbocycles. The Hall–Kier alpha value is -1.40. The van der Waals surface area contributed by atoms with Gasteiger partial charge in [0, 0.05) is 32.1 Å². The van der Waals surface area contributed by atoms with Crippen LogP contribution in [0.4, 0.5) is 0 Å². The molecule has 0 spiro atoms. The smallest absolute Gasteiger partial charge is 0.222 e.